The summed E-state index contributed by atoms with van der Waals surface area (Å²) in [5.41, 5.74) is 3.22. The molecule has 0 bridgehead atoms. The first-order chi connectivity index (χ1) is 23.6. The van der Waals surface area contributed by atoms with Crippen molar-refractivity contribution in [3.63, 3.8) is 0 Å². The van der Waals surface area contributed by atoms with Gasteiger partial charge in [-0.1, -0.05) is 62.4 Å². The van der Waals surface area contributed by atoms with Crippen molar-refractivity contribution in [3.8, 4) is 28.4 Å². The number of ketones is 1. The first-order valence-electron chi connectivity index (χ1n) is 16.1. The molecule has 0 heterocycles. The zero-order valence-corrected chi connectivity index (χ0v) is 28.1. The van der Waals surface area contributed by atoms with Crippen LogP contribution in [0.25, 0.3) is 11.1 Å². The Bertz CT molecular complexity index is 1290. The molecule has 0 unspecified atom stereocenters. The van der Waals surface area contributed by atoms with Crippen LogP contribution in [-0.2, 0) is 30.6 Å². The molecular formula is C39H50O9. The van der Waals surface area contributed by atoms with Crippen molar-refractivity contribution >= 4 is 18.5 Å². The lowest BCUT2D eigenvalue weighted by molar-refractivity contribution is -0.207. The van der Waals surface area contributed by atoms with Gasteiger partial charge in [-0.15, -0.1) is 0 Å². The number of hydrogen-bond acceptors (Lipinski definition) is 9. The van der Waals surface area contributed by atoms with Gasteiger partial charge in [0.2, 0.25) is 0 Å². The van der Waals surface area contributed by atoms with Crippen molar-refractivity contribution < 1.29 is 43.5 Å². The van der Waals surface area contributed by atoms with E-state index in [0.29, 0.717) is 38.6 Å². The predicted molar refractivity (Wildman–Crippen MR) is 188 cm³/mol. The highest BCUT2D eigenvalue weighted by molar-refractivity contribution is 5.88. The number of ether oxygens (including phenoxy) is 3. The van der Waals surface area contributed by atoms with Crippen molar-refractivity contribution in [2.45, 2.75) is 64.4 Å². The number of benzene rings is 3. The van der Waals surface area contributed by atoms with E-state index in [1.165, 1.54) is 12.2 Å². The van der Waals surface area contributed by atoms with Gasteiger partial charge >= 0.3 is 5.97 Å². The fourth-order valence-corrected chi connectivity index (χ4v) is 4.30. The van der Waals surface area contributed by atoms with Crippen LogP contribution in [0.3, 0.4) is 0 Å². The summed E-state index contributed by atoms with van der Waals surface area (Å²) < 4.78 is 16.8. The minimum Gasteiger partial charge on any atom is -0.494 e. The molecule has 0 spiro atoms. The molecule has 9 heteroatoms. The number of carbonyl (C=O) groups is 3. The van der Waals surface area contributed by atoms with Gasteiger partial charge in [0.05, 0.1) is 19.8 Å². The van der Waals surface area contributed by atoms with Gasteiger partial charge in [-0.05, 0) is 97.7 Å². The summed E-state index contributed by atoms with van der Waals surface area (Å²) in [5.74, 6) is 2.03. The Morgan fingerprint density at radius 3 is 1.69 bits per heavy atom. The fourth-order valence-electron chi connectivity index (χ4n) is 4.30. The molecule has 1 N–H and O–H groups in total. The van der Waals surface area contributed by atoms with Crippen LogP contribution in [0.15, 0.2) is 98.1 Å². The average molecular weight is 663 g/mol. The Morgan fingerprint density at radius 1 is 0.604 bits per heavy atom. The molecule has 0 saturated carbocycles. The molecule has 0 aliphatic heterocycles. The van der Waals surface area contributed by atoms with Crippen molar-refractivity contribution in [1.82, 2.24) is 0 Å². The molecule has 0 aliphatic carbocycles. The minimum absolute atomic E-state index is 0.102. The second kappa shape index (κ2) is 27.4. The maximum atomic E-state index is 11.2. The number of aliphatic hydroxyl groups is 1. The summed E-state index contributed by atoms with van der Waals surface area (Å²) in [4.78, 5) is 40.9. The standard InChI is InChI=1S/C37H44O7.CH4O.CH2O/c1-3-33(38)13-9-5-6-12-28-43-44-36-24-18-32(19-25-36)31-16-22-35(23-17-31)42-29-30-14-20-34(21-15-30)40-26-10-7-8-11-27-41-37(39)4-2;2*1-2/h3-4,14-25H,1-2,5-13,26-29H2;2H,1H3;1H2. The highest BCUT2D eigenvalue weighted by Gasteiger charge is 2.03. The van der Waals surface area contributed by atoms with Gasteiger partial charge in [0.25, 0.3) is 0 Å². The Labute approximate surface area is 285 Å². The summed E-state index contributed by atoms with van der Waals surface area (Å²) in [6, 6.07) is 23.7. The third-order valence-corrected chi connectivity index (χ3v) is 6.87. The lowest BCUT2D eigenvalue weighted by atomic mass is 10.1. The van der Waals surface area contributed by atoms with Crippen molar-refractivity contribution in [1.29, 1.82) is 0 Å². The highest BCUT2D eigenvalue weighted by atomic mass is 17.2. The highest BCUT2D eigenvalue weighted by Crippen LogP contribution is 2.25. The van der Waals surface area contributed by atoms with Crippen LogP contribution in [0.4, 0.5) is 0 Å². The summed E-state index contributed by atoms with van der Waals surface area (Å²) in [6.45, 7) is 10.9. The number of unbranched alkanes of at least 4 members (excludes halogenated alkanes) is 6. The number of hydrogen-bond donors (Lipinski definition) is 1. The first-order valence-corrected chi connectivity index (χ1v) is 16.1. The lowest BCUT2D eigenvalue weighted by Crippen LogP contribution is -2.02. The number of aliphatic hydroxyl groups excluding tert-OH is 1. The monoisotopic (exact) mass is 662 g/mol. The minimum atomic E-state index is -0.369. The molecule has 0 amide bonds. The second-order valence-electron chi connectivity index (χ2n) is 10.4. The zero-order chi connectivity index (χ0) is 35.2. The van der Waals surface area contributed by atoms with Crippen LogP contribution < -0.4 is 14.4 Å². The van der Waals surface area contributed by atoms with Gasteiger partial charge < -0.3 is 29.0 Å². The molecule has 3 aromatic rings. The van der Waals surface area contributed by atoms with E-state index in [0.717, 1.165) is 86.7 Å². The smallest absolute Gasteiger partial charge is 0.330 e. The van der Waals surface area contributed by atoms with E-state index < -0.39 is 0 Å². The zero-order valence-electron chi connectivity index (χ0n) is 28.1. The van der Waals surface area contributed by atoms with Crippen LogP contribution in [0.5, 0.6) is 17.2 Å². The SMILES string of the molecule is C=CC(=O)CCCCCCOOc1ccc(-c2ccc(OCc3ccc(OCCCCCCOC(=O)C=C)cc3)cc2)cc1.C=O.CO. The molecular weight excluding hydrogens is 612 g/mol. The molecule has 0 saturated heterocycles. The van der Waals surface area contributed by atoms with Crippen molar-refractivity contribution in [3.05, 3.63) is 104 Å². The van der Waals surface area contributed by atoms with Crippen LogP contribution in [-0.4, -0.2) is 50.6 Å². The molecule has 0 fully saturated rings. The van der Waals surface area contributed by atoms with Gasteiger partial charge in [-0.3, -0.25) is 4.79 Å². The van der Waals surface area contributed by atoms with Crippen LogP contribution in [0, 0.1) is 0 Å². The van der Waals surface area contributed by atoms with Crippen LogP contribution in [0.2, 0.25) is 0 Å². The molecule has 0 atom stereocenters. The number of rotatable bonds is 23. The second-order valence-corrected chi connectivity index (χ2v) is 10.4. The Hall–Kier alpha value is -4.73. The van der Waals surface area contributed by atoms with Crippen molar-refractivity contribution in [2.75, 3.05) is 26.9 Å². The Balaban J connectivity index is 0.00000277. The van der Waals surface area contributed by atoms with E-state index in [1.807, 2.05) is 79.6 Å². The number of esters is 1. The molecule has 3 aromatic carbocycles. The van der Waals surface area contributed by atoms with Gasteiger partial charge in [-0.25, -0.2) is 4.79 Å². The fraction of sp³-hybridized carbons (Fsp3) is 0.359. The maximum absolute atomic E-state index is 11.2. The van der Waals surface area contributed by atoms with Gasteiger partial charge in [0.15, 0.2) is 11.5 Å². The van der Waals surface area contributed by atoms with E-state index in [-0.39, 0.29) is 11.8 Å². The summed E-state index contributed by atoms with van der Waals surface area (Å²) >= 11 is 0. The van der Waals surface area contributed by atoms with E-state index in [4.69, 9.17) is 33.9 Å². The molecule has 3 rings (SSSR count). The first kappa shape index (κ1) is 41.3. The largest absolute Gasteiger partial charge is 0.494 e. The lowest BCUT2D eigenvalue weighted by Gasteiger charge is -2.10. The quantitative estimate of drug-likeness (QED) is 0.0354. The van der Waals surface area contributed by atoms with Gasteiger partial charge in [0.1, 0.15) is 24.9 Å². The molecule has 48 heavy (non-hydrogen) atoms. The Morgan fingerprint density at radius 2 is 1.10 bits per heavy atom. The molecule has 260 valence electrons. The molecule has 0 radical (unpaired) electrons. The van der Waals surface area contributed by atoms with Crippen LogP contribution in [0.1, 0.15) is 63.4 Å². The average Bonchev–Trinajstić information content (AvgIpc) is 3.15. The molecule has 0 aliphatic rings. The third-order valence-electron chi connectivity index (χ3n) is 6.87. The predicted octanol–water partition coefficient (Wildman–Crippen LogP) is 8.04. The van der Waals surface area contributed by atoms with Crippen molar-refractivity contribution in [2.24, 2.45) is 0 Å². The third kappa shape index (κ3) is 18.4. The van der Waals surface area contributed by atoms with E-state index >= 15 is 0 Å². The number of allylic oxidation sites excluding steroid dienone is 1. The topological polar surface area (TPSA) is 118 Å². The normalized spacial score (nSPS) is 9.88. The summed E-state index contributed by atoms with van der Waals surface area (Å²) in [5, 5.41) is 7.00. The van der Waals surface area contributed by atoms with Gasteiger partial charge in [-0.2, -0.15) is 4.89 Å². The van der Waals surface area contributed by atoms with E-state index in [9.17, 15) is 9.59 Å². The van der Waals surface area contributed by atoms with Gasteiger partial charge in [0, 0.05) is 19.6 Å². The van der Waals surface area contributed by atoms with E-state index in [1.54, 1.807) is 0 Å². The summed E-state index contributed by atoms with van der Waals surface area (Å²) in [7, 11) is 1.00. The Kier molecular flexibility index (Phi) is 23.6. The van der Waals surface area contributed by atoms with E-state index in [2.05, 4.69) is 13.2 Å². The molecule has 0 aromatic heterocycles. The van der Waals surface area contributed by atoms with Crippen LogP contribution >= 0.6 is 0 Å². The summed E-state index contributed by atoms with van der Waals surface area (Å²) in [6.07, 6.45) is 10.7. The number of carbonyl (C=O) groups excluding carboxylic acids is 3. The maximum Gasteiger partial charge on any atom is 0.330 e. The molecule has 9 nitrogen and oxygen atoms in total.